The van der Waals surface area contributed by atoms with Gasteiger partial charge in [-0.25, -0.2) is 4.39 Å². The lowest BCUT2D eigenvalue weighted by atomic mass is 10.2. The summed E-state index contributed by atoms with van der Waals surface area (Å²) in [6.45, 7) is 5.80. The minimum absolute atomic E-state index is 0.260. The fraction of sp³-hybridized carbons (Fsp3) is 0.533. The molecule has 0 spiro atoms. The van der Waals surface area contributed by atoms with Crippen LogP contribution in [0.25, 0.3) is 0 Å². The van der Waals surface area contributed by atoms with Gasteiger partial charge in [-0.1, -0.05) is 6.92 Å². The minimum Gasteiger partial charge on any atom is -0.481 e. The molecular formula is C15H23FN2O3. The molecule has 6 heteroatoms. The Morgan fingerprint density at radius 1 is 1.38 bits per heavy atom. The lowest BCUT2D eigenvalue weighted by molar-refractivity contribution is -0.127. The van der Waals surface area contributed by atoms with Crippen LogP contribution in [0.5, 0.6) is 5.75 Å². The summed E-state index contributed by atoms with van der Waals surface area (Å²) >= 11 is 0. The summed E-state index contributed by atoms with van der Waals surface area (Å²) in [5.74, 6) is -0.297. The molecule has 1 unspecified atom stereocenters. The number of amides is 1. The molecule has 1 atom stereocenters. The van der Waals surface area contributed by atoms with Crippen molar-refractivity contribution >= 4 is 5.91 Å². The molecule has 1 aromatic carbocycles. The summed E-state index contributed by atoms with van der Waals surface area (Å²) in [6, 6.07) is 4.44. The highest BCUT2D eigenvalue weighted by molar-refractivity contribution is 5.80. The quantitative estimate of drug-likeness (QED) is 0.678. The van der Waals surface area contributed by atoms with Gasteiger partial charge >= 0.3 is 0 Å². The van der Waals surface area contributed by atoms with Gasteiger partial charge in [0.2, 0.25) is 0 Å². The Morgan fingerprint density at radius 2 is 2.14 bits per heavy atom. The van der Waals surface area contributed by atoms with Crippen LogP contribution < -0.4 is 15.4 Å². The van der Waals surface area contributed by atoms with Crippen molar-refractivity contribution in [3.05, 3.63) is 29.6 Å². The average molecular weight is 298 g/mol. The number of ether oxygens (including phenoxy) is 2. The van der Waals surface area contributed by atoms with Crippen LogP contribution in [0.15, 0.2) is 18.2 Å². The van der Waals surface area contributed by atoms with Gasteiger partial charge in [-0.3, -0.25) is 4.79 Å². The lowest BCUT2D eigenvalue weighted by Crippen LogP contribution is -2.37. The fourth-order valence-electron chi connectivity index (χ4n) is 1.74. The molecule has 21 heavy (non-hydrogen) atoms. The number of benzene rings is 1. The fourth-order valence-corrected chi connectivity index (χ4v) is 1.74. The van der Waals surface area contributed by atoms with E-state index in [0.717, 1.165) is 12.1 Å². The molecule has 5 nitrogen and oxygen atoms in total. The molecule has 0 saturated carbocycles. The third-order valence-electron chi connectivity index (χ3n) is 2.80. The highest BCUT2D eigenvalue weighted by Gasteiger charge is 2.14. The van der Waals surface area contributed by atoms with Gasteiger partial charge in [-0.05, 0) is 31.2 Å². The molecule has 0 aliphatic heterocycles. The zero-order valence-electron chi connectivity index (χ0n) is 12.7. The summed E-state index contributed by atoms with van der Waals surface area (Å²) in [4.78, 5) is 11.8. The molecular weight excluding hydrogens is 275 g/mol. The van der Waals surface area contributed by atoms with E-state index in [1.165, 1.54) is 12.1 Å². The predicted molar refractivity (Wildman–Crippen MR) is 78.8 cm³/mol. The Labute approximate surface area is 124 Å². The van der Waals surface area contributed by atoms with E-state index in [2.05, 4.69) is 10.6 Å². The van der Waals surface area contributed by atoms with Gasteiger partial charge in [-0.15, -0.1) is 0 Å². The second-order valence-corrected chi connectivity index (χ2v) is 4.62. The van der Waals surface area contributed by atoms with E-state index in [4.69, 9.17) is 9.47 Å². The summed E-state index contributed by atoms with van der Waals surface area (Å²) in [7, 11) is 1.56. The van der Waals surface area contributed by atoms with Crippen LogP contribution >= 0.6 is 0 Å². The van der Waals surface area contributed by atoms with Crippen molar-refractivity contribution < 1.29 is 18.7 Å². The van der Waals surface area contributed by atoms with Gasteiger partial charge in [0.1, 0.15) is 11.6 Å². The highest BCUT2D eigenvalue weighted by atomic mass is 19.1. The molecule has 0 aliphatic rings. The standard InChI is InChI=1S/C15H23FN2O3/c1-4-17-10-12-7-13(16)9-14(8-12)21-11(2)15(19)18-5-6-20-3/h7-9,11,17H,4-6,10H2,1-3H3,(H,18,19). The van der Waals surface area contributed by atoms with Crippen LogP contribution in [0.1, 0.15) is 19.4 Å². The van der Waals surface area contributed by atoms with Crippen LogP contribution in [-0.4, -0.2) is 38.8 Å². The van der Waals surface area contributed by atoms with Crippen LogP contribution in [0, 0.1) is 5.82 Å². The SMILES string of the molecule is CCNCc1cc(F)cc(OC(C)C(=O)NCCOC)c1. The van der Waals surface area contributed by atoms with Gasteiger partial charge in [-0.2, -0.15) is 0 Å². The number of halogens is 1. The maximum atomic E-state index is 13.5. The lowest BCUT2D eigenvalue weighted by Gasteiger charge is -2.15. The van der Waals surface area contributed by atoms with E-state index in [0.29, 0.717) is 25.4 Å². The Balaban J connectivity index is 2.60. The third-order valence-corrected chi connectivity index (χ3v) is 2.80. The van der Waals surface area contributed by atoms with Gasteiger partial charge in [0.15, 0.2) is 6.10 Å². The van der Waals surface area contributed by atoms with E-state index in [9.17, 15) is 9.18 Å². The summed E-state index contributed by atoms with van der Waals surface area (Å²) in [5.41, 5.74) is 0.777. The van der Waals surface area contributed by atoms with Gasteiger partial charge in [0.05, 0.1) is 6.61 Å². The first kappa shape index (κ1) is 17.4. The first-order valence-corrected chi connectivity index (χ1v) is 7.00. The second kappa shape index (κ2) is 9.31. The topological polar surface area (TPSA) is 59.6 Å². The minimum atomic E-state index is -0.698. The molecule has 2 N–H and O–H groups in total. The van der Waals surface area contributed by atoms with E-state index in [-0.39, 0.29) is 11.7 Å². The Morgan fingerprint density at radius 3 is 2.81 bits per heavy atom. The smallest absolute Gasteiger partial charge is 0.260 e. The van der Waals surface area contributed by atoms with Gasteiger partial charge in [0.25, 0.3) is 5.91 Å². The van der Waals surface area contributed by atoms with Crippen molar-refractivity contribution in [1.29, 1.82) is 0 Å². The normalized spacial score (nSPS) is 12.0. The number of rotatable bonds is 9. The monoisotopic (exact) mass is 298 g/mol. The first-order valence-electron chi connectivity index (χ1n) is 7.00. The molecule has 0 aliphatic carbocycles. The molecule has 0 fully saturated rings. The molecule has 1 amide bonds. The zero-order valence-corrected chi connectivity index (χ0v) is 12.7. The van der Waals surface area contributed by atoms with Crippen LogP contribution in [0.4, 0.5) is 4.39 Å². The number of nitrogens with one attached hydrogen (secondary N) is 2. The van der Waals surface area contributed by atoms with Crippen molar-refractivity contribution in [3.63, 3.8) is 0 Å². The van der Waals surface area contributed by atoms with Gasteiger partial charge < -0.3 is 20.1 Å². The maximum absolute atomic E-state index is 13.5. The molecule has 1 aromatic rings. The Hall–Kier alpha value is -1.66. The van der Waals surface area contributed by atoms with Crippen molar-refractivity contribution in [3.8, 4) is 5.75 Å². The van der Waals surface area contributed by atoms with Crippen LogP contribution in [0.3, 0.4) is 0 Å². The summed E-state index contributed by atoms with van der Waals surface area (Å²) < 4.78 is 23.9. The Bertz CT molecular complexity index is 455. The number of hydrogen-bond donors (Lipinski definition) is 2. The molecule has 1 rings (SSSR count). The molecule has 118 valence electrons. The maximum Gasteiger partial charge on any atom is 0.260 e. The highest BCUT2D eigenvalue weighted by Crippen LogP contribution is 2.18. The predicted octanol–water partition coefficient (Wildman–Crippen LogP) is 1.47. The second-order valence-electron chi connectivity index (χ2n) is 4.62. The number of carbonyl (C=O) groups excluding carboxylic acids is 1. The van der Waals surface area contributed by atoms with Crippen molar-refractivity contribution in [2.24, 2.45) is 0 Å². The third kappa shape index (κ3) is 6.55. The number of methoxy groups -OCH3 is 1. The summed E-state index contributed by atoms with van der Waals surface area (Å²) in [5, 5.41) is 5.79. The van der Waals surface area contributed by atoms with Crippen LogP contribution in [-0.2, 0) is 16.1 Å². The zero-order chi connectivity index (χ0) is 15.7. The van der Waals surface area contributed by atoms with Crippen molar-refractivity contribution in [1.82, 2.24) is 10.6 Å². The van der Waals surface area contributed by atoms with Crippen LogP contribution in [0.2, 0.25) is 0 Å². The molecule has 0 heterocycles. The molecule has 0 bridgehead atoms. The van der Waals surface area contributed by atoms with E-state index >= 15 is 0 Å². The van der Waals surface area contributed by atoms with Gasteiger partial charge in [0, 0.05) is 26.3 Å². The molecule has 0 saturated heterocycles. The number of carbonyl (C=O) groups is 1. The molecule has 0 radical (unpaired) electrons. The van der Waals surface area contributed by atoms with Crippen molar-refractivity contribution in [2.45, 2.75) is 26.5 Å². The van der Waals surface area contributed by atoms with E-state index in [1.807, 2.05) is 6.92 Å². The average Bonchev–Trinajstić information content (AvgIpc) is 2.44. The van der Waals surface area contributed by atoms with E-state index in [1.54, 1.807) is 20.1 Å². The Kier molecular flexibility index (Phi) is 7.71. The summed E-state index contributed by atoms with van der Waals surface area (Å²) in [6.07, 6.45) is -0.698. The van der Waals surface area contributed by atoms with E-state index < -0.39 is 6.10 Å². The number of hydrogen-bond acceptors (Lipinski definition) is 4. The molecule has 0 aromatic heterocycles. The van der Waals surface area contributed by atoms with Crippen molar-refractivity contribution in [2.75, 3.05) is 26.8 Å². The largest absolute Gasteiger partial charge is 0.481 e. The first-order chi connectivity index (χ1) is 10.1.